The molecule has 0 aliphatic carbocycles. The Kier molecular flexibility index (Phi) is 8.15. The summed E-state index contributed by atoms with van der Waals surface area (Å²) in [5, 5.41) is 43.0. The largest absolute Gasteiger partial charge is 0.478 e. The fourth-order valence-electron chi connectivity index (χ4n) is 2.35. The van der Waals surface area contributed by atoms with Gasteiger partial charge < -0.3 is 39.5 Å². The van der Waals surface area contributed by atoms with Gasteiger partial charge in [0.05, 0.1) is 18.7 Å². The average Bonchev–Trinajstić information content (AvgIpc) is 2.60. The summed E-state index contributed by atoms with van der Waals surface area (Å²) in [5.41, 5.74) is 0. The Morgan fingerprint density at radius 2 is 1.92 bits per heavy atom. The van der Waals surface area contributed by atoms with Crippen LogP contribution in [-0.2, 0) is 27.9 Å². The molecule has 150 valence electrons. The minimum atomic E-state index is -3.86. The lowest BCUT2D eigenvalue weighted by Crippen LogP contribution is -2.62. The summed E-state index contributed by atoms with van der Waals surface area (Å²) in [6, 6.07) is -2.35. The smallest absolute Gasteiger partial charge is 0.405 e. The molecule has 0 spiro atoms. The van der Waals surface area contributed by atoms with Crippen molar-refractivity contribution in [2.45, 2.75) is 37.3 Å². The molecular formula is C13H23N2O10P. The Morgan fingerprint density at radius 1 is 1.35 bits per heavy atom. The van der Waals surface area contributed by atoms with Crippen molar-refractivity contribution < 1.29 is 48.4 Å². The van der Waals surface area contributed by atoms with E-state index in [4.69, 9.17) is 18.9 Å². The molecule has 0 fully saturated rings. The van der Waals surface area contributed by atoms with Crippen LogP contribution in [0.25, 0.3) is 0 Å². The first-order chi connectivity index (χ1) is 12.1. The second-order valence-corrected chi connectivity index (χ2v) is 7.39. The van der Waals surface area contributed by atoms with Gasteiger partial charge in [-0.25, -0.2) is 14.4 Å². The topological polar surface area (TPSA) is 184 Å². The van der Waals surface area contributed by atoms with Crippen molar-refractivity contribution in [3.05, 3.63) is 11.8 Å². The molecule has 13 heteroatoms. The lowest BCUT2D eigenvalue weighted by molar-refractivity contribution is -0.146. The van der Waals surface area contributed by atoms with Gasteiger partial charge in [-0.2, -0.15) is 0 Å². The Morgan fingerprint density at radius 3 is 2.35 bits per heavy atom. The van der Waals surface area contributed by atoms with Crippen LogP contribution in [0, 0.1) is 0 Å². The summed E-state index contributed by atoms with van der Waals surface area (Å²) >= 11 is 0. The summed E-state index contributed by atoms with van der Waals surface area (Å²) in [6.07, 6.45) is -3.92. The van der Waals surface area contributed by atoms with Gasteiger partial charge in [-0.3, -0.25) is 4.79 Å². The number of nitrogens with one attached hydrogen (secondary N) is 2. The van der Waals surface area contributed by atoms with Crippen LogP contribution in [0.3, 0.4) is 0 Å². The first-order valence-electron chi connectivity index (χ1n) is 7.43. The van der Waals surface area contributed by atoms with Gasteiger partial charge >= 0.3 is 13.7 Å². The number of carboxylic acids is 1. The third-order valence-corrected chi connectivity index (χ3v) is 5.20. The molecule has 0 unspecified atom stereocenters. The van der Waals surface area contributed by atoms with Gasteiger partial charge in [-0.15, -0.1) is 0 Å². The zero-order chi connectivity index (χ0) is 20.1. The zero-order valence-corrected chi connectivity index (χ0v) is 15.3. The molecule has 6 N–H and O–H groups in total. The van der Waals surface area contributed by atoms with Gasteiger partial charge in [0.2, 0.25) is 11.7 Å². The number of aliphatic carboxylic acids is 1. The highest BCUT2D eigenvalue weighted by molar-refractivity contribution is 7.51. The van der Waals surface area contributed by atoms with Gasteiger partial charge in [0.1, 0.15) is 18.3 Å². The maximum atomic E-state index is 12.4. The molecule has 12 nitrogen and oxygen atoms in total. The molecule has 0 aromatic heterocycles. The van der Waals surface area contributed by atoms with Crippen molar-refractivity contribution in [2.24, 2.45) is 0 Å². The molecular weight excluding hydrogens is 375 g/mol. The highest BCUT2D eigenvalue weighted by Gasteiger charge is 2.45. The Labute approximate surface area is 149 Å². The van der Waals surface area contributed by atoms with E-state index in [9.17, 15) is 29.5 Å². The molecule has 0 bridgehead atoms. The van der Waals surface area contributed by atoms with Crippen molar-refractivity contribution in [1.29, 1.82) is 0 Å². The third kappa shape index (κ3) is 5.48. The quantitative estimate of drug-likeness (QED) is 0.235. The number of aliphatic hydroxyl groups excluding tert-OH is 3. The van der Waals surface area contributed by atoms with Crippen molar-refractivity contribution in [3.63, 3.8) is 0 Å². The Bertz CT molecular complexity index is 589. The number of hydrogen-bond acceptors (Lipinski definition) is 9. The van der Waals surface area contributed by atoms with E-state index in [0.717, 1.165) is 27.2 Å². The van der Waals surface area contributed by atoms with E-state index < -0.39 is 62.4 Å². The van der Waals surface area contributed by atoms with Gasteiger partial charge in [-0.05, 0) is 6.08 Å². The molecule has 1 rings (SSSR count). The number of carbonyl (C=O) groups is 2. The normalized spacial score (nSPS) is 25.6. The molecule has 26 heavy (non-hydrogen) atoms. The van der Waals surface area contributed by atoms with Crippen LogP contribution in [0.15, 0.2) is 11.8 Å². The van der Waals surface area contributed by atoms with E-state index in [-0.39, 0.29) is 0 Å². The fraction of sp³-hybridized carbons (Fsp3) is 0.692. The number of ether oxygens (including phenoxy) is 1. The van der Waals surface area contributed by atoms with Crippen LogP contribution in [-0.4, -0.2) is 83.5 Å². The average molecular weight is 398 g/mol. The van der Waals surface area contributed by atoms with Gasteiger partial charge in [0, 0.05) is 21.1 Å². The molecule has 1 aliphatic heterocycles. The van der Waals surface area contributed by atoms with E-state index in [0.29, 0.717) is 0 Å². The van der Waals surface area contributed by atoms with Crippen molar-refractivity contribution >= 4 is 19.6 Å². The minimum absolute atomic E-state index is 0.571. The maximum absolute atomic E-state index is 12.4. The summed E-state index contributed by atoms with van der Waals surface area (Å²) in [5.74, 6) is -2.70. The fourth-order valence-corrected chi connectivity index (χ4v) is 3.31. The van der Waals surface area contributed by atoms with E-state index in [2.05, 4.69) is 10.4 Å². The lowest BCUT2D eigenvalue weighted by Gasteiger charge is -2.40. The SMILES string of the molecule is COP(=O)(N[C@H]1C=C(C(=O)O)O[C@@H]([C@H](O)[C@H](O)CO)[C@@H]1NC(C)=O)OC. The van der Waals surface area contributed by atoms with E-state index >= 15 is 0 Å². The van der Waals surface area contributed by atoms with Crippen LogP contribution in [0.4, 0.5) is 0 Å². The number of aliphatic hydroxyl groups is 3. The van der Waals surface area contributed by atoms with E-state index in [1.54, 1.807) is 0 Å². The summed E-state index contributed by atoms with van der Waals surface area (Å²) in [4.78, 5) is 22.8. The Hall–Kier alpha value is -1.53. The van der Waals surface area contributed by atoms with Gasteiger partial charge in [0.15, 0.2) is 0 Å². The Balaban J connectivity index is 3.33. The first-order valence-corrected chi connectivity index (χ1v) is 8.98. The maximum Gasteiger partial charge on any atom is 0.405 e. The van der Waals surface area contributed by atoms with Crippen LogP contribution in [0.1, 0.15) is 6.92 Å². The zero-order valence-electron chi connectivity index (χ0n) is 14.4. The van der Waals surface area contributed by atoms with Crippen LogP contribution < -0.4 is 10.4 Å². The molecule has 0 saturated heterocycles. The van der Waals surface area contributed by atoms with Gasteiger partial charge in [-0.1, -0.05) is 0 Å². The molecule has 0 aromatic carbocycles. The number of rotatable bonds is 9. The number of carboxylic acid groups (broad SMARTS) is 1. The van der Waals surface area contributed by atoms with Crippen molar-refractivity contribution in [1.82, 2.24) is 10.4 Å². The van der Waals surface area contributed by atoms with Crippen LogP contribution in [0.5, 0.6) is 0 Å². The van der Waals surface area contributed by atoms with Gasteiger partial charge in [0.25, 0.3) is 0 Å². The minimum Gasteiger partial charge on any atom is -0.478 e. The summed E-state index contributed by atoms with van der Waals surface area (Å²) in [7, 11) is -1.68. The highest BCUT2D eigenvalue weighted by atomic mass is 31.2. The first kappa shape index (κ1) is 22.5. The molecule has 0 aromatic rings. The predicted octanol–water partition coefficient (Wildman–Crippen LogP) is -2.07. The molecule has 1 amide bonds. The van der Waals surface area contributed by atoms with Crippen LogP contribution >= 0.6 is 7.75 Å². The number of carbonyl (C=O) groups excluding carboxylic acids is 1. The molecule has 0 saturated carbocycles. The van der Waals surface area contributed by atoms with Crippen LogP contribution in [0.2, 0.25) is 0 Å². The van der Waals surface area contributed by atoms with E-state index in [1.807, 2.05) is 0 Å². The molecule has 1 heterocycles. The second kappa shape index (κ2) is 9.42. The number of amides is 1. The third-order valence-electron chi connectivity index (χ3n) is 3.62. The molecule has 5 atom stereocenters. The lowest BCUT2D eigenvalue weighted by atomic mass is 9.92. The number of hydrogen-bond donors (Lipinski definition) is 6. The van der Waals surface area contributed by atoms with E-state index in [1.165, 1.54) is 0 Å². The predicted molar refractivity (Wildman–Crippen MR) is 85.8 cm³/mol. The second-order valence-electron chi connectivity index (χ2n) is 5.40. The molecule has 0 radical (unpaired) electrons. The monoisotopic (exact) mass is 398 g/mol. The highest BCUT2D eigenvalue weighted by Crippen LogP contribution is 2.43. The molecule has 1 aliphatic rings. The van der Waals surface area contributed by atoms with Crippen molar-refractivity contribution in [3.8, 4) is 0 Å². The summed E-state index contributed by atoms with van der Waals surface area (Å²) < 4.78 is 27.0. The standard InChI is InChI=1S/C13H23N2O10P/c1-6(17)14-10-7(15-26(22,23-2)24-3)4-9(13(20)21)25-12(10)11(19)8(18)5-16/h4,7-8,10-12,16,18-19H,5H2,1-3H3,(H,14,17)(H,15,22)(H,20,21)/t7-,8+,10+,11+,12+/m0/s1. The summed E-state index contributed by atoms with van der Waals surface area (Å²) in [6.45, 7) is 0.318. The van der Waals surface area contributed by atoms with Crippen molar-refractivity contribution in [2.75, 3.05) is 20.8 Å².